The number of carbonyl (C=O) groups excluding carboxylic acids is 1. The first-order valence-electron chi connectivity index (χ1n) is 8.85. The van der Waals surface area contributed by atoms with Gasteiger partial charge < -0.3 is 19.0 Å². The molecule has 1 amide bonds. The highest BCUT2D eigenvalue weighted by Gasteiger charge is 2.37. The van der Waals surface area contributed by atoms with E-state index in [9.17, 15) is 4.79 Å². The maximum absolute atomic E-state index is 13.1. The Kier molecular flexibility index (Phi) is 4.28. The molecule has 2 aromatic heterocycles. The van der Waals surface area contributed by atoms with Crippen LogP contribution in [0.4, 0.5) is 0 Å². The molecule has 4 rings (SSSR count). The molecule has 2 atom stereocenters. The number of aromatic nitrogens is 2. The summed E-state index contributed by atoms with van der Waals surface area (Å²) in [6.07, 6.45) is 6.29. The summed E-state index contributed by atoms with van der Waals surface area (Å²) in [7, 11) is 1.69. The second-order valence-electron chi connectivity index (χ2n) is 7.00. The predicted octanol–water partition coefficient (Wildman–Crippen LogP) is 3.30. The molecule has 6 heteroatoms. The number of carbonyl (C=O) groups is 1. The van der Waals surface area contributed by atoms with Gasteiger partial charge in [0.15, 0.2) is 0 Å². The number of aromatic amines is 1. The van der Waals surface area contributed by atoms with Crippen LogP contribution in [-0.2, 0) is 16.0 Å². The van der Waals surface area contributed by atoms with E-state index >= 15 is 0 Å². The molecule has 0 radical (unpaired) electrons. The molecule has 6 nitrogen and oxygen atoms in total. The monoisotopic (exact) mass is 353 g/mol. The van der Waals surface area contributed by atoms with Gasteiger partial charge in [-0.15, -0.1) is 0 Å². The number of nitrogens with zero attached hydrogens (tertiary/aromatic N) is 2. The highest BCUT2D eigenvalue weighted by atomic mass is 16.5. The summed E-state index contributed by atoms with van der Waals surface area (Å²) in [6, 6.07) is 4.05. The van der Waals surface area contributed by atoms with Gasteiger partial charge >= 0.3 is 0 Å². The lowest BCUT2D eigenvalue weighted by molar-refractivity contribution is -0.131. The molecule has 3 aromatic rings. The van der Waals surface area contributed by atoms with Crippen molar-refractivity contribution in [3.63, 3.8) is 0 Å². The molecule has 1 unspecified atom stereocenters. The van der Waals surface area contributed by atoms with Crippen LogP contribution in [0.15, 0.2) is 35.2 Å². The van der Waals surface area contributed by atoms with Crippen molar-refractivity contribution < 1.29 is 13.9 Å². The molecule has 0 spiro atoms. The summed E-state index contributed by atoms with van der Waals surface area (Å²) in [5.74, 6) is 0.869. The topological polar surface area (TPSA) is 71.4 Å². The van der Waals surface area contributed by atoms with Gasteiger partial charge in [-0.05, 0) is 37.1 Å². The van der Waals surface area contributed by atoms with Gasteiger partial charge in [-0.3, -0.25) is 4.79 Å². The Morgan fingerprint density at radius 2 is 2.19 bits per heavy atom. The summed E-state index contributed by atoms with van der Waals surface area (Å²) >= 11 is 0. The molecule has 0 bridgehead atoms. The fourth-order valence-electron chi connectivity index (χ4n) is 3.70. The molecular formula is C20H23N3O3. The first kappa shape index (κ1) is 16.8. The summed E-state index contributed by atoms with van der Waals surface area (Å²) in [4.78, 5) is 22.4. The van der Waals surface area contributed by atoms with Gasteiger partial charge in [0.2, 0.25) is 5.91 Å². The molecule has 1 N–H and O–H groups in total. The van der Waals surface area contributed by atoms with Crippen LogP contribution in [0.5, 0.6) is 0 Å². The number of hydrogen-bond acceptors (Lipinski definition) is 4. The molecule has 0 saturated carbocycles. The number of nitrogens with one attached hydrogen (secondary N) is 1. The van der Waals surface area contributed by atoms with Crippen LogP contribution in [0.2, 0.25) is 0 Å². The highest BCUT2D eigenvalue weighted by molar-refractivity contribution is 5.88. The van der Waals surface area contributed by atoms with Crippen LogP contribution in [0.25, 0.3) is 11.0 Å². The van der Waals surface area contributed by atoms with Crippen molar-refractivity contribution in [3.8, 4) is 0 Å². The minimum absolute atomic E-state index is 0.0278. The Bertz CT molecular complexity index is 929. The van der Waals surface area contributed by atoms with E-state index in [4.69, 9.17) is 9.15 Å². The minimum atomic E-state index is -0.0791. The van der Waals surface area contributed by atoms with Gasteiger partial charge in [0.05, 0.1) is 24.8 Å². The number of furan rings is 1. The van der Waals surface area contributed by atoms with Crippen LogP contribution in [0.3, 0.4) is 0 Å². The van der Waals surface area contributed by atoms with Gasteiger partial charge in [0.25, 0.3) is 0 Å². The van der Waals surface area contributed by atoms with Crippen molar-refractivity contribution in [1.82, 2.24) is 14.9 Å². The largest absolute Gasteiger partial charge is 0.464 e. The lowest BCUT2D eigenvalue weighted by Crippen LogP contribution is -2.33. The van der Waals surface area contributed by atoms with E-state index in [1.807, 2.05) is 11.0 Å². The van der Waals surface area contributed by atoms with Crippen LogP contribution in [-0.4, -0.2) is 40.5 Å². The number of hydrogen-bond donors (Lipinski definition) is 1. The summed E-state index contributed by atoms with van der Waals surface area (Å²) in [6.45, 7) is 4.71. The van der Waals surface area contributed by atoms with Crippen LogP contribution in [0.1, 0.15) is 35.0 Å². The third-order valence-electron chi connectivity index (χ3n) is 5.36. The van der Waals surface area contributed by atoms with Crippen molar-refractivity contribution in [3.05, 3.63) is 53.3 Å². The summed E-state index contributed by atoms with van der Waals surface area (Å²) in [5.41, 5.74) is 4.13. The van der Waals surface area contributed by atoms with Crippen LogP contribution in [0, 0.1) is 13.8 Å². The van der Waals surface area contributed by atoms with Gasteiger partial charge in [-0.2, -0.15) is 0 Å². The van der Waals surface area contributed by atoms with Gasteiger partial charge in [0.1, 0.15) is 11.4 Å². The second kappa shape index (κ2) is 6.61. The molecule has 1 aromatic carbocycles. The molecule has 136 valence electrons. The van der Waals surface area contributed by atoms with Crippen molar-refractivity contribution in [2.75, 3.05) is 13.7 Å². The molecule has 1 fully saturated rings. The molecule has 3 heterocycles. The number of benzene rings is 1. The van der Waals surface area contributed by atoms with E-state index in [2.05, 4.69) is 29.9 Å². The number of aryl methyl sites for hydroxylation is 2. The fourth-order valence-corrected chi connectivity index (χ4v) is 3.70. The fraction of sp³-hybridized carbons (Fsp3) is 0.400. The molecular weight excluding hydrogens is 330 g/mol. The van der Waals surface area contributed by atoms with Crippen molar-refractivity contribution in [2.24, 2.45) is 0 Å². The Labute approximate surface area is 152 Å². The number of imidazole rings is 1. The first-order chi connectivity index (χ1) is 12.6. The van der Waals surface area contributed by atoms with Crippen LogP contribution >= 0.6 is 0 Å². The number of fused-ring (bicyclic) bond motifs is 1. The standard InChI is InChI=1S/C20H23N3O3/c1-12-6-16-14(11-26-18(16)7-13(12)2)8-19(24)23-10-15(25-3)9-17(23)20-21-4-5-22-20/h4-7,11,15,17H,8-10H2,1-3H3,(H,21,22)/t15-,17?/m1/s1. The normalized spacial score (nSPS) is 20.2. The van der Waals surface area contributed by atoms with Crippen LogP contribution < -0.4 is 0 Å². The second-order valence-corrected chi connectivity index (χ2v) is 7.00. The number of rotatable bonds is 4. The number of ether oxygens (including phenoxy) is 1. The molecule has 1 saturated heterocycles. The Morgan fingerprint density at radius 3 is 2.92 bits per heavy atom. The number of likely N-dealkylation sites (tertiary alicyclic amines) is 1. The SMILES string of the molecule is CO[C@@H]1CC(c2ncc[nH]2)N(C(=O)Cc2coc3cc(C)c(C)cc23)C1. The van der Waals surface area contributed by atoms with E-state index in [-0.39, 0.29) is 18.1 Å². The first-order valence-corrected chi connectivity index (χ1v) is 8.85. The Hall–Kier alpha value is -2.60. The smallest absolute Gasteiger partial charge is 0.227 e. The van der Waals surface area contributed by atoms with E-state index in [1.165, 1.54) is 11.1 Å². The van der Waals surface area contributed by atoms with E-state index in [0.29, 0.717) is 13.0 Å². The van der Waals surface area contributed by atoms with E-state index in [1.54, 1.807) is 25.8 Å². The summed E-state index contributed by atoms with van der Waals surface area (Å²) < 4.78 is 11.2. The Balaban J connectivity index is 1.60. The maximum atomic E-state index is 13.1. The van der Waals surface area contributed by atoms with Gasteiger partial charge in [-0.25, -0.2) is 4.98 Å². The number of H-pyrrole nitrogens is 1. The molecule has 1 aliphatic heterocycles. The van der Waals surface area contributed by atoms with Crippen molar-refractivity contribution in [2.45, 2.75) is 38.8 Å². The number of amides is 1. The van der Waals surface area contributed by atoms with E-state index in [0.717, 1.165) is 28.8 Å². The van der Waals surface area contributed by atoms with Crippen molar-refractivity contribution in [1.29, 1.82) is 0 Å². The average Bonchev–Trinajstić information content (AvgIpc) is 3.35. The van der Waals surface area contributed by atoms with Crippen molar-refractivity contribution >= 4 is 16.9 Å². The Morgan fingerprint density at radius 1 is 1.38 bits per heavy atom. The minimum Gasteiger partial charge on any atom is -0.464 e. The zero-order chi connectivity index (χ0) is 18.3. The highest BCUT2D eigenvalue weighted by Crippen LogP contribution is 2.33. The molecule has 0 aliphatic carbocycles. The van der Waals surface area contributed by atoms with Gasteiger partial charge in [-0.1, -0.05) is 0 Å². The predicted molar refractivity (Wildman–Crippen MR) is 97.8 cm³/mol. The molecule has 1 aliphatic rings. The third-order valence-corrected chi connectivity index (χ3v) is 5.36. The number of methoxy groups -OCH3 is 1. The van der Waals surface area contributed by atoms with Gasteiger partial charge in [0, 0.05) is 43.4 Å². The summed E-state index contributed by atoms with van der Waals surface area (Å²) in [5, 5.41) is 1.01. The van der Waals surface area contributed by atoms with E-state index < -0.39 is 0 Å². The lowest BCUT2D eigenvalue weighted by Gasteiger charge is -2.22. The zero-order valence-electron chi connectivity index (χ0n) is 15.3. The quantitative estimate of drug-likeness (QED) is 0.781. The third kappa shape index (κ3) is 2.90. The average molecular weight is 353 g/mol. The maximum Gasteiger partial charge on any atom is 0.227 e. The zero-order valence-corrected chi connectivity index (χ0v) is 15.3. The molecule has 26 heavy (non-hydrogen) atoms. The lowest BCUT2D eigenvalue weighted by atomic mass is 10.0.